The van der Waals surface area contributed by atoms with Crippen LogP contribution < -0.4 is 29.6 Å². The van der Waals surface area contributed by atoms with Crippen LogP contribution in [0.25, 0.3) is 0 Å². The first kappa shape index (κ1) is 13.4. The second-order valence-corrected chi connectivity index (χ2v) is 2.63. The van der Waals surface area contributed by atoms with Crippen LogP contribution in [0.3, 0.4) is 0 Å². The van der Waals surface area contributed by atoms with Crippen molar-refractivity contribution >= 4 is 23.3 Å². The summed E-state index contributed by atoms with van der Waals surface area (Å²) in [7, 11) is 0. The largest absolute Gasteiger partial charge is 1.00 e. The molecule has 0 unspecified atom stereocenters. The molecule has 0 saturated heterocycles. The van der Waals surface area contributed by atoms with Gasteiger partial charge in [-0.3, -0.25) is 10.1 Å². The average Bonchev–Trinajstić information content (AvgIpc) is 2.04. The third kappa shape index (κ3) is 2.95. The Morgan fingerprint density at radius 3 is 2.57 bits per heavy atom. The van der Waals surface area contributed by atoms with Crippen molar-refractivity contribution in [3.8, 4) is 0 Å². The van der Waals surface area contributed by atoms with E-state index in [1.165, 1.54) is 6.07 Å². The maximum atomic E-state index is 10.5. The number of benzene rings is 1. The summed E-state index contributed by atoms with van der Waals surface area (Å²) in [5.41, 5.74) is -0.558. The molecule has 0 spiro atoms. The fourth-order valence-corrected chi connectivity index (χ4v) is 0.989. The quantitative estimate of drug-likeness (QED) is 0.400. The summed E-state index contributed by atoms with van der Waals surface area (Å²) < 4.78 is 0. The Kier molecular flexibility index (Phi) is 5.07. The van der Waals surface area contributed by atoms with Gasteiger partial charge < -0.3 is 6.53 Å². The molecule has 0 aliphatic carbocycles. The van der Waals surface area contributed by atoms with E-state index in [9.17, 15) is 14.9 Å². The number of nitro benzene ring substituents is 1. The Morgan fingerprint density at radius 2 is 2.14 bits per heavy atom. The van der Waals surface area contributed by atoms with Crippen LogP contribution in [-0.2, 0) is 0 Å². The standard InChI is InChI=1S/C7H4ClNO4.Na.H/c8-6-2-1-4(9(12)13)3-5(6)7(10)11;;/h1-3H,(H,10,11);;/q;+1;-1. The Bertz CT molecular complexity index is 387. The average molecular weight is 226 g/mol. The van der Waals surface area contributed by atoms with Gasteiger partial charge >= 0.3 is 35.5 Å². The van der Waals surface area contributed by atoms with Crippen molar-refractivity contribution in [1.82, 2.24) is 0 Å². The topological polar surface area (TPSA) is 80.4 Å². The zero-order valence-electron chi connectivity index (χ0n) is 8.23. The molecule has 14 heavy (non-hydrogen) atoms. The van der Waals surface area contributed by atoms with Gasteiger partial charge in [0.1, 0.15) is 0 Å². The van der Waals surface area contributed by atoms with Crippen molar-refractivity contribution in [2.24, 2.45) is 0 Å². The summed E-state index contributed by atoms with van der Waals surface area (Å²) in [6.07, 6.45) is 0. The molecular weight excluding hydrogens is 221 g/mol. The van der Waals surface area contributed by atoms with Crippen LogP contribution in [0, 0.1) is 10.1 Å². The number of rotatable bonds is 2. The van der Waals surface area contributed by atoms with Gasteiger partial charge in [-0.1, -0.05) is 11.6 Å². The number of hydrogen-bond donors (Lipinski definition) is 1. The van der Waals surface area contributed by atoms with Gasteiger partial charge in [0.2, 0.25) is 0 Å². The summed E-state index contributed by atoms with van der Waals surface area (Å²) in [6, 6.07) is 3.25. The normalized spacial score (nSPS) is 8.93. The minimum Gasteiger partial charge on any atom is -1.00 e. The number of hydrogen-bond acceptors (Lipinski definition) is 3. The van der Waals surface area contributed by atoms with Crippen LogP contribution in [-0.4, -0.2) is 16.0 Å². The Balaban J connectivity index is 0. The zero-order valence-corrected chi connectivity index (χ0v) is 9.99. The first-order valence-electron chi connectivity index (χ1n) is 3.19. The van der Waals surface area contributed by atoms with Crippen molar-refractivity contribution in [2.45, 2.75) is 0 Å². The summed E-state index contributed by atoms with van der Waals surface area (Å²) >= 11 is 5.49. The number of carbonyl (C=O) groups is 1. The molecule has 0 aliphatic heterocycles. The molecule has 7 heteroatoms. The third-order valence-electron chi connectivity index (χ3n) is 1.39. The van der Waals surface area contributed by atoms with Crippen LogP contribution in [0.2, 0.25) is 5.02 Å². The molecule has 0 amide bonds. The van der Waals surface area contributed by atoms with E-state index < -0.39 is 10.9 Å². The van der Waals surface area contributed by atoms with Crippen molar-refractivity contribution < 1.29 is 45.8 Å². The van der Waals surface area contributed by atoms with Crippen molar-refractivity contribution in [1.29, 1.82) is 0 Å². The first-order chi connectivity index (χ1) is 6.02. The molecule has 0 heterocycles. The first-order valence-corrected chi connectivity index (χ1v) is 3.57. The molecule has 0 radical (unpaired) electrons. The number of non-ortho nitro benzene ring substituents is 1. The smallest absolute Gasteiger partial charge is 1.00 e. The van der Waals surface area contributed by atoms with Gasteiger partial charge in [0, 0.05) is 12.1 Å². The number of carboxylic acid groups (broad SMARTS) is 1. The molecule has 1 N–H and O–H groups in total. The van der Waals surface area contributed by atoms with Gasteiger partial charge in [-0.15, -0.1) is 0 Å². The molecule has 0 aliphatic rings. The Morgan fingerprint density at radius 1 is 1.57 bits per heavy atom. The van der Waals surface area contributed by atoms with E-state index in [0.29, 0.717) is 0 Å². The van der Waals surface area contributed by atoms with Gasteiger partial charge in [0.15, 0.2) is 0 Å². The van der Waals surface area contributed by atoms with Gasteiger partial charge in [-0.05, 0) is 6.07 Å². The Labute approximate surface area is 108 Å². The van der Waals surface area contributed by atoms with E-state index in [0.717, 1.165) is 12.1 Å². The predicted molar refractivity (Wildman–Crippen MR) is 46.2 cm³/mol. The van der Waals surface area contributed by atoms with Gasteiger partial charge in [0.25, 0.3) is 5.69 Å². The van der Waals surface area contributed by atoms with Gasteiger partial charge in [-0.25, -0.2) is 4.79 Å². The fraction of sp³-hybridized carbons (Fsp3) is 0. The number of nitro groups is 1. The van der Waals surface area contributed by atoms with E-state index in [1.807, 2.05) is 0 Å². The van der Waals surface area contributed by atoms with Crippen LogP contribution in [0.5, 0.6) is 0 Å². The van der Waals surface area contributed by atoms with Crippen molar-refractivity contribution in [3.63, 3.8) is 0 Å². The predicted octanol–water partition coefficient (Wildman–Crippen LogP) is -0.937. The molecule has 0 saturated carbocycles. The summed E-state index contributed by atoms with van der Waals surface area (Å²) in [5, 5.41) is 18.8. The van der Waals surface area contributed by atoms with E-state index in [2.05, 4.69) is 0 Å². The van der Waals surface area contributed by atoms with Crippen LogP contribution >= 0.6 is 11.6 Å². The molecule has 70 valence electrons. The summed E-state index contributed by atoms with van der Waals surface area (Å²) in [4.78, 5) is 20.1. The molecular formula is C7H5ClNNaO4. The van der Waals surface area contributed by atoms with Gasteiger partial charge in [0.05, 0.1) is 15.5 Å². The molecule has 0 atom stereocenters. The van der Waals surface area contributed by atoms with E-state index >= 15 is 0 Å². The zero-order chi connectivity index (χ0) is 10.0. The molecule has 0 fully saturated rings. The van der Waals surface area contributed by atoms with E-state index in [4.69, 9.17) is 16.7 Å². The maximum Gasteiger partial charge on any atom is 1.00 e. The second kappa shape index (κ2) is 5.31. The monoisotopic (exact) mass is 225 g/mol. The van der Waals surface area contributed by atoms with Crippen molar-refractivity contribution in [2.75, 3.05) is 0 Å². The maximum absolute atomic E-state index is 10.5. The van der Waals surface area contributed by atoms with Crippen LogP contribution in [0.1, 0.15) is 11.8 Å². The third-order valence-corrected chi connectivity index (χ3v) is 1.72. The second-order valence-electron chi connectivity index (χ2n) is 2.23. The molecule has 1 aromatic rings. The van der Waals surface area contributed by atoms with E-state index in [-0.39, 0.29) is 47.3 Å². The molecule has 1 rings (SSSR count). The minimum atomic E-state index is -1.28. The number of halogens is 1. The number of nitrogens with zero attached hydrogens (tertiary/aromatic N) is 1. The SMILES string of the molecule is O=C(O)c1cc([N+](=O)[O-])ccc1Cl.[H-].[Na+]. The Hall–Kier alpha value is -0.620. The summed E-state index contributed by atoms with van der Waals surface area (Å²) in [6.45, 7) is 0. The fourth-order valence-electron chi connectivity index (χ4n) is 0.791. The molecule has 5 nitrogen and oxygen atoms in total. The number of carboxylic acids is 1. The van der Waals surface area contributed by atoms with Crippen molar-refractivity contribution in [3.05, 3.63) is 38.9 Å². The van der Waals surface area contributed by atoms with E-state index in [1.54, 1.807) is 0 Å². The van der Waals surface area contributed by atoms with Crippen LogP contribution in [0.15, 0.2) is 18.2 Å². The van der Waals surface area contributed by atoms with Crippen LogP contribution in [0.4, 0.5) is 5.69 Å². The molecule has 1 aromatic carbocycles. The van der Waals surface area contributed by atoms with Gasteiger partial charge in [-0.2, -0.15) is 0 Å². The molecule has 0 bridgehead atoms. The summed E-state index contributed by atoms with van der Waals surface area (Å²) in [5.74, 6) is -1.28. The minimum absolute atomic E-state index is 0. The number of aromatic carboxylic acids is 1. The molecule has 0 aromatic heterocycles.